The highest BCUT2D eigenvalue weighted by Crippen LogP contribution is 2.28. The maximum atomic E-state index is 12.0. The largest absolute Gasteiger partial charge is 0.491 e. The first-order valence-corrected chi connectivity index (χ1v) is 5.10. The summed E-state index contributed by atoms with van der Waals surface area (Å²) in [6.07, 6.45) is 0. The molecule has 0 saturated carbocycles. The summed E-state index contributed by atoms with van der Waals surface area (Å²) in [5, 5.41) is 0.560. The van der Waals surface area contributed by atoms with E-state index in [1.165, 1.54) is 0 Å². The van der Waals surface area contributed by atoms with Gasteiger partial charge in [-0.05, 0) is 32.3 Å². The standard InChI is InChI=1S/C11H12ClNO2/c1-13(2)9-6-15-10-4-3-7(12)5-8(10)11(9)14/h3-5,9H,6H2,1-2H3. The van der Waals surface area contributed by atoms with Crippen molar-refractivity contribution in [3.63, 3.8) is 0 Å². The molecule has 0 bridgehead atoms. The van der Waals surface area contributed by atoms with E-state index in [1.807, 2.05) is 19.0 Å². The molecule has 15 heavy (non-hydrogen) atoms. The van der Waals surface area contributed by atoms with Gasteiger partial charge in [0.15, 0.2) is 5.78 Å². The number of carbonyl (C=O) groups excluding carboxylic acids is 1. The molecule has 1 aromatic carbocycles. The summed E-state index contributed by atoms with van der Waals surface area (Å²) in [6, 6.07) is 4.91. The molecule has 0 spiro atoms. The minimum Gasteiger partial charge on any atom is -0.491 e. The second kappa shape index (κ2) is 3.83. The van der Waals surface area contributed by atoms with E-state index in [2.05, 4.69) is 0 Å². The number of hydrogen-bond donors (Lipinski definition) is 0. The van der Waals surface area contributed by atoms with Crippen molar-refractivity contribution in [1.82, 2.24) is 4.90 Å². The van der Waals surface area contributed by atoms with Gasteiger partial charge in [0.2, 0.25) is 0 Å². The number of rotatable bonds is 1. The number of halogens is 1. The van der Waals surface area contributed by atoms with Crippen molar-refractivity contribution in [1.29, 1.82) is 0 Å². The van der Waals surface area contributed by atoms with Gasteiger partial charge in [0.05, 0.1) is 5.56 Å². The molecule has 1 unspecified atom stereocenters. The Hall–Kier alpha value is -1.06. The van der Waals surface area contributed by atoms with Crippen LogP contribution in [0.4, 0.5) is 0 Å². The number of nitrogens with zero attached hydrogens (tertiary/aromatic N) is 1. The van der Waals surface area contributed by atoms with Crippen LogP contribution in [0.25, 0.3) is 0 Å². The highest BCUT2D eigenvalue weighted by atomic mass is 35.5. The summed E-state index contributed by atoms with van der Waals surface area (Å²) in [5.41, 5.74) is 0.576. The Labute approximate surface area is 93.6 Å². The Morgan fingerprint density at radius 2 is 2.20 bits per heavy atom. The second-order valence-electron chi connectivity index (χ2n) is 3.80. The lowest BCUT2D eigenvalue weighted by atomic mass is 10.0. The molecule has 0 aromatic heterocycles. The lowest BCUT2D eigenvalue weighted by Crippen LogP contribution is -2.43. The Morgan fingerprint density at radius 3 is 2.87 bits per heavy atom. The molecule has 0 N–H and O–H groups in total. The molecule has 1 atom stereocenters. The minimum absolute atomic E-state index is 0.0729. The van der Waals surface area contributed by atoms with E-state index in [1.54, 1.807) is 18.2 Å². The Bertz CT molecular complexity index is 404. The van der Waals surface area contributed by atoms with Gasteiger partial charge in [-0.25, -0.2) is 0 Å². The first-order valence-electron chi connectivity index (χ1n) is 4.72. The molecule has 4 heteroatoms. The monoisotopic (exact) mass is 225 g/mol. The molecule has 2 rings (SSSR count). The summed E-state index contributed by atoms with van der Waals surface area (Å²) in [7, 11) is 3.73. The first-order chi connectivity index (χ1) is 7.09. The van der Waals surface area contributed by atoms with Crippen molar-refractivity contribution in [2.75, 3.05) is 20.7 Å². The Kier molecular flexibility index (Phi) is 2.67. The van der Waals surface area contributed by atoms with Crippen LogP contribution in [0.5, 0.6) is 5.75 Å². The number of hydrogen-bond acceptors (Lipinski definition) is 3. The van der Waals surface area contributed by atoms with Crippen LogP contribution in [0.1, 0.15) is 10.4 Å². The third-order valence-electron chi connectivity index (χ3n) is 2.53. The Morgan fingerprint density at radius 1 is 1.47 bits per heavy atom. The van der Waals surface area contributed by atoms with E-state index in [9.17, 15) is 4.79 Å². The Balaban J connectivity index is 2.40. The van der Waals surface area contributed by atoms with Gasteiger partial charge in [0.1, 0.15) is 18.4 Å². The van der Waals surface area contributed by atoms with Gasteiger partial charge < -0.3 is 4.74 Å². The number of fused-ring (bicyclic) bond motifs is 1. The molecule has 1 aromatic rings. The van der Waals surface area contributed by atoms with Gasteiger partial charge in [0, 0.05) is 5.02 Å². The number of benzene rings is 1. The maximum absolute atomic E-state index is 12.0. The lowest BCUT2D eigenvalue weighted by Gasteiger charge is -2.28. The smallest absolute Gasteiger partial charge is 0.187 e. The SMILES string of the molecule is CN(C)C1COc2ccc(Cl)cc2C1=O. The van der Waals surface area contributed by atoms with Crippen molar-refractivity contribution in [3.05, 3.63) is 28.8 Å². The highest BCUT2D eigenvalue weighted by molar-refractivity contribution is 6.31. The highest BCUT2D eigenvalue weighted by Gasteiger charge is 2.30. The van der Waals surface area contributed by atoms with Crippen LogP contribution >= 0.6 is 11.6 Å². The molecule has 1 heterocycles. The van der Waals surface area contributed by atoms with Gasteiger partial charge in [-0.3, -0.25) is 9.69 Å². The van der Waals surface area contributed by atoms with Gasteiger partial charge in [-0.15, -0.1) is 0 Å². The van der Waals surface area contributed by atoms with Crippen molar-refractivity contribution in [2.24, 2.45) is 0 Å². The number of likely N-dealkylation sites (N-methyl/N-ethyl adjacent to an activating group) is 1. The molecule has 0 radical (unpaired) electrons. The number of ketones is 1. The van der Waals surface area contributed by atoms with Gasteiger partial charge in [-0.1, -0.05) is 11.6 Å². The normalized spacial score (nSPS) is 20.0. The maximum Gasteiger partial charge on any atom is 0.187 e. The minimum atomic E-state index is -0.212. The van der Waals surface area contributed by atoms with Crippen LogP contribution in [0, 0.1) is 0 Å². The van der Waals surface area contributed by atoms with Gasteiger partial charge in [-0.2, -0.15) is 0 Å². The molecule has 1 aliphatic heterocycles. The summed E-state index contributed by atoms with van der Waals surface area (Å²) < 4.78 is 5.50. The number of carbonyl (C=O) groups is 1. The fraction of sp³-hybridized carbons (Fsp3) is 0.364. The van der Waals surface area contributed by atoms with E-state index in [0.717, 1.165) is 0 Å². The zero-order chi connectivity index (χ0) is 11.0. The van der Waals surface area contributed by atoms with Crippen molar-refractivity contribution in [2.45, 2.75) is 6.04 Å². The van der Waals surface area contributed by atoms with E-state index < -0.39 is 0 Å². The first kappa shape index (κ1) is 10.5. The van der Waals surface area contributed by atoms with Gasteiger partial charge in [0.25, 0.3) is 0 Å². The molecular formula is C11H12ClNO2. The molecule has 0 aliphatic carbocycles. The summed E-state index contributed by atoms with van der Waals surface area (Å²) in [4.78, 5) is 13.9. The fourth-order valence-electron chi connectivity index (χ4n) is 1.63. The molecule has 0 amide bonds. The lowest BCUT2D eigenvalue weighted by molar-refractivity contribution is 0.0761. The molecule has 80 valence electrons. The van der Waals surface area contributed by atoms with E-state index in [0.29, 0.717) is 22.9 Å². The summed E-state index contributed by atoms with van der Waals surface area (Å²) in [6.45, 7) is 0.403. The number of ether oxygens (including phenoxy) is 1. The van der Waals surface area contributed by atoms with Gasteiger partial charge >= 0.3 is 0 Å². The van der Waals surface area contributed by atoms with E-state index in [-0.39, 0.29) is 11.8 Å². The van der Waals surface area contributed by atoms with Crippen LogP contribution in [-0.2, 0) is 0 Å². The van der Waals surface area contributed by atoms with E-state index >= 15 is 0 Å². The van der Waals surface area contributed by atoms with E-state index in [4.69, 9.17) is 16.3 Å². The molecular weight excluding hydrogens is 214 g/mol. The third kappa shape index (κ3) is 1.85. The summed E-state index contributed by atoms with van der Waals surface area (Å²) >= 11 is 5.85. The van der Waals surface area contributed by atoms with Crippen molar-refractivity contribution in [3.8, 4) is 5.75 Å². The average molecular weight is 226 g/mol. The van der Waals surface area contributed by atoms with Crippen LogP contribution in [0.3, 0.4) is 0 Å². The zero-order valence-electron chi connectivity index (χ0n) is 8.66. The molecule has 0 fully saturated rings. The average Bonchev–Trinajstić information content (AvgIpc) is 2.19. The van der Waals surface area contributed by atoms with Crippen LogP contribution < -0.4 is 4.74 Å². The predicted octanol–water partition coefficient (Wildman–Crippen LogP) is 1.85. The third-order valence-corrected chi connectivity index (χ3v) is 2.76. The number of Topliss-reactive ketones (excluding diaryl/α,β-unsaturated/α-hetero) is 1. The molecule has 0 saturated heterocycles. The zero-order valence-corrected chi connectivity index (χ0v) is 9.41. The van der Waals surface area contributed by atoms with Crippen LogP contribution in [-0.4, -0.2) is 37.4 Å². The quantitative estimate of drug-likeness (QED) is 0.731. The fourth-order valence-corrected chi connectivity index (χ4v) is 1.80. The van der Waals surface area contributed by atoms with Crippen molar-refractivity contribution >= 4 is 17.4 Å². The van der Waals surface area contributed by atoms with Crippen molar-refractivity contribution < 1.29 is 9.53 Å². The molecule has 3 nitrogen and oxygen atoms in total. The van der Waals surface area contributed by atoms with Crippen LogP contribution in [0.2, 0.25) is 5.02 Å². The summed E-state index contributed by atoms with van der Waals surface area (Å²) in [5.74, 6) is 0.700. The second-order valence-corrected chi connectivity index (χ2v) is 4.23. The molecule has 1 aliphatic rings. The topological polar surface area (TPSA) is 29.5 Å². The van der Waals surface area contributed by atoms with Crippen LogP contribution in [0.15, 0.2) is 18.2 Å². The predicted molar refractivity (Wildman–Crippen MR) is 58.8 cm³/mol.